The van der Waals surface area contributed by atoms with Crippen LogP contribution in [0.25, 0.3) is 11.5 Å². The first-order chi connectivity index (χ1) is 4.22. The summed E-state index contributed by atoms with van der Waals surface area (Å²) in [6, 6.07) is -0.370. The Morgan fingerprint density at radius 2 is 1.89 bits per heavy atom. The zero-order chi connectivity index (χ0) is 7.70. The van der Waals surface area contributed by atoms with E-state index in [1.54, 1.807) is 0 Å². The van der Waals surface area contributed by atoms with Gasteiger partial charge in [0.1, 0.15) is 0 Å². The van der Waals surface area contributed by atoms with E-state index in [1.165, 1.54) is 0 Å². The van der Waals surface area contributed by atoms with E-state index in [0.29, 0.717) is 6.54 Å². The minimum Gasteiger partial charge on any atom is -0.679 e. The van der Waals surface area contributed by atoms with Crippen LogP contribution in [-0.2, 0) is 16.5 Å². The van der Waals surface area contributed by atoms with Crippen LogP contribution in [0, 0.1) is 0 Å². The molecule has 9 heavy (non-hydrogen) atoms. The van der Waals surface area contributed by atoms with E-state index in [0.717, 1.165) is 0 Å². The van der Waals surface area contributed by atoms with Gasteiger partial charge in [0, 0.05) is 0 Å². The fourth-order valence-corrected chi connectivity index (χ4v) is 0.0833. The van der Waals surface area contributed by atoms with Gasteiger partial charge < -0.3 is 17.2 Å². The van der Waals surface area contributed by atoms with Crippen molar-refractivity contribution in [3.8, 4) is 0 Å². The molecule has 0 aliphatic carbocycles. The van der Waals surface area contributed by atoms with Gasteiger partial charge in [-0.3, -0.25) is 0 Å². The average molecular weight is 353 g/mol. The molecule has 1 atom stereocenters. The smallest absolute Gasteiger partial charge is 0.0256 e. The molecule has 3 nitrogen and oxygen atoms in total. The normalized spacial score (nSPS) is 12.1. The molecule has 0 radical (unpaired) electrons. The number of rotatable bonds is 2. The van der Waals surface area contributed by atoms with Gasteiger partial charge in [0.25, 0.3) is 0 Å². The molecule has 0 bridgehead atoms. The van der Waals surface area contributed by atoms with Gasteiger partial charge in [0.2, 0.25) is 0 Å². The van der Waals surface area contributed by atoms with E-state index in [9.17, 15) is 0 Å². The minimum atomic E-state index is -0.472. The summed E-state index contributed by atoms with van der Waals surface area (Å²) in [6.07, 6.45) is 0. The van der Waals surface area contributed by atoms with Gasteiger partial charge in [-0.1, -0.05) is 0 Å². The third kappa shape index (κ3) is 17.6. The average Bonchev–Trinajstić information content (AvgIpc) is 1.88. The Morgan fingerprint density at radius 1 is 1.56 bits per heavy atom. The van der Waals surface area contributed by atoms with Crippen molar-refractivity contribution in [2.75, 3.05) is 13.1 Å². The summed E-state index contributed by atoms with van der Waals surface area (Å²) in [5, 5.41) is 0. The molecule has 0 aliphatic heterocycles. The second-order valence-corrected chi connectivity index (χ2v) is 4.46. The van der Waals surface area contributed by atoms with E-state index in [4.69, 9.17) is 36.0 Å². The Balaban J connectivity index is 0. The van der Waals surface area contributed by atoms with Crippen molar-refractivity contribution in [1.29, 1.82) is 0 Å². The van der Waals surface area contributed by atoms with Gasteiger partial charge in [-0.05, 0) is 6.54 Å². The second kappa shape index (κ2) is 11.9. The predicted molar refractivity (Wildman–Crippen MR) is 38.1 cm³/mol. The molecule has 0 aromatic rings. The topological polar surface area (TPSA) is 73.6 Å². The Hall–Kier alpha value is 1.15. The molecule has 0 saturated carbocycles. The van der Waals surface area contributed by atoms with Crippen LogP contribution in [0.3, 0.4) is 0 Å². The van der Waals surface area contributed by atoms with Crippen LogP contribution in [-0.4, -0.2) is 19.1 Å². The molecule has 0 rings (SSSR count). The summed E-state index contributed by atoms with van der Waals surface area (Å²) in [5.74, 6) is 0. The van der Waals surface area contributed by atoms with Crippen LogP contribution in [0.5, 0.6) is 0 Å². The van der Waals surface area contributed by atoms with Crippen molar-refractivity contribution in [3.05, 3.63) is 11.5 Å². The monoisotopic (exact) mass is 352 g/mol. The maximum absolute atomic E-state index is 6.76. The van der Waals surface area contributed by atoms with E-state index in [2.05, 4.69) is 0 Å². The largest absolute Gasteiger partial charge is 0.679 e. The molecule has 0 spiro atoms. The van der Waals surface area contributed by atoms with Crippen LogP contribution in [0.15, 0.2) is 0 Å². The molecule has 0 heterocycles. The molecule has 0 aliphatic rings. The summed E-state index contributed by atoms with van der Waals surface area (Å²) in [6.45, 7) is 0.431. The summed E-state index contributed by atoms with van der Waals surface area (Å²) in [7, 11) is 9.75. The van der Waals surface area contributed by atoms with Gasteiger partial charge >= 0.3 is 35.3 Å². The molecule has 1 unspecified atom stereocenters. The summed E-state index contributed by atoms with van der Waals surface area (Å²) < 4.78 is 0. The van der Waals surface area contributed by atoms with Crippen molar-refractivity contribution >= 4 is 18.8 Å². The SMILES string of the molecule is [Cl][Pt+2][Cl].[NH-]CC([NH-])CN. The van der Waals surface area contributed by atoms with Crippen molar-refractivity contribution in [3.63, 3.8) is 0 Å². The molecular formula is C3H9Cl2N3Pt. The molecule has 6 heteroatoms. The van der Waals surface area contributed by atoms with Crippen molar-refractivity contribution in [2.24, 2.45) is 5.73 Å². The van der Waals surface area contributed by atoms with E-state index in [1.807, 2.05) is 0 Å². The third-order valence-corrected chi connectivity index (χ3v) is 0.531. The third-order valence-electron chi connectivity index (χ3n) is 0.531. The minimum absolute atomic E-state index is 0.122. The Kier molecular flexibility index (Phi) is 16.9. The van der Waals surface area contributed by atoms with Crippen LogP contribution in [0.1, 0.15) is 0 Å². The number of halogens is 2. The number of nitrogens with one attached hydrogen (secondary N) is 2. The zero-order valence-electron chi connectivity index (χ0n) is 4.64. The zero-order valence-corrected chi connectivity index (χ0v) is 8.43. The molecule has 60 valence electrons. The maximum atomic E-state index is 6.76. The fraction of sp³-hybridized carbons (Fsp3) is 1.00. The number of hydrogen-bond acceptors (Lipinski definition) is 1. The first kappa shape index (κ1) is 12.8. The molecule has 0 saturated heterocycles. The fourth-order valence-electron chi connectivity index (χ4n) is 0.0833. The van der Waals surface area contributed by atoms with Crippen molar-refractivity contribution in [2.45, 2.75) is 6.04 Å². The molecule has 0 aromatic carbocycles. The molecule has 0 amide bonds. The van der Waals surface area contributed by atoms with Crippen molar-refractivity contribution in [1.82, 2.24) is 0 Å². The first-order valence-electron chi connectivity index (χ1n) is 2.11. The van der Waals surface area contributed by atoms with Gasteiger partial charge in [-0.25, -0.2) is 0 Å². The van der Waals surface area contributed by atoms with Gasteiger partial charge in [0.15, 0.2) is 0 Å². The van der Waals surface area contributed by atoms with Gasteiger partial charge in [-0.2, -0.15) is 6.54 Å². The molecule has 0 aromatic heterocycles. The molecule has 0 fully saturated rings. The maximum Gasteiger partial charge on any atom is -0.0256 e. The Bertz CT molecular complexity index is 44.0. The van der Waals surface area contributed by atoms with Gasteiger partial charge in [0.05, 0.1) is 0 Å². The van der Waals surface area contributed by atoms with Crippen molar-refractivity contribution < 1.29 is 16.5 Å². The van der Waals surface area contributed by atoms with E-state index in [-0.39, 0.29) is 12.6 Å². The Labute approximate surface area is 71.6 Å². The first-order valence-corrected chi connectivity index (χ1v) is 7.74. The van der Waals surface area contributed by atoms with Crippen LogP contribution in [0.2, 0.25) is 0 Å². The molecular weight excluding hydrogens is 344 g/mol. The van der Waals surface area contributed by atoms with Gasteiger partial charge in [-0.15, -0.1) is 6.04 Å². The standard InChI is InChI=1S/C3H9N3.2ClH.Pt/c4-1-3(6)2-5;;;/h3-4,6H,1-2,5H2;2*1H;/q-2;;;+4/p-2. The second-order valence-electron chi connectivity index (χ2n) is 1.18. The predicted octanol–water partition coefficient (Wildman–Crippen LogP) is 1.79. The number of hydrogen-bond donors (Lipinski definition) is 1. The summed E-state index contributed by atoms with van der Waals surface area (Å²) >= 11 is -0.472. The summed E-state index contributed by atoms with van der Waals surface area (Å²) in [5.41, 5.74) is 18.3. The van der Waals surface area contributed by atoms with E-state index >= 15 is 0 Å². The number of nitrogens with two attached hydrogens (primary N) is 1. The van der Waals surface area contributed by atoms with E-state index < -0.39 is 16.5 Å². The van der Waals surface area contributed by atoms with Crippen LogP contribution in [0.4, 0.5) is 0 Å². The van der Waals surface area contributed by atoms with Crippen LogP contribution >= 0.6 is 18.8 Å². The quantitative estimate of drug-likeness (QED) is 0.808. The summed E-state index contributed by atoms with van der Waals surface area (Å²) in [4.78, 5) is 0. The van der Waals surface area contributed by atoms with Crippen LogP contribution < -0.4 is 5.73 Å². The molecule has 4 N–H and O–H groups in total. The Morgan fingerprint density at radius 3 is 1.89 bits per heavy atom.